The minimum Gasteiger partial charge on any atom is -0.493 e. The summed E-state index contributed by atoms with van der Waals surface area (Å²) in [5.74, 6) is 0.769. The van der Waals surface area contributed by atoms with E-state index in [9.17, 15) is 18.0 Å². The number of urea groups is 1. The summed E-state index contributed by atoms with van der Waals surface area (Å²) in [7, 11) is 0. The molecule has 2 N–H and O–H groups in total. The highest BCUT2D eigenvalue weighted by Crippen LogP contribution is 2.34. The van der Waals surface area contributed by atoms with Gasteiger partial charge in [0.1, 0.15) is 5.75 Å². The van der Waals surface area contributed by atoms with Crippen LogP contribution in [0.4, 0.5) is 23.7 Å². The number of benzene rings is 2. The molecule has 0 saturated heterocycles. The third-order valence-electron chi connectivity index (χ3n) is 3.44. The first-order chi connectivity index (χ1) is 11.9. The van der Waals surface area contributed by atoms with Crippen molar-refractivity contribution in [3.05, 3.63) is 59.7 Å². The smallest absolute Gasteiger partial charge is 0.418 e. The molecule has 7 heteroatoms. The van der Waals surface area contributed by atoms with Crippen molar-refractivity contribution >= 4 is 11.7 Å². The number of amides is 2. The van der Waals surface area contributed by atoms with Crippen LogP contribution in [0.5, 0.6) is 5.75 Å². The summed E-state index contributed by atoms with van der Waals surface area (Å²) in [6.07, 6.45) is -3.99. The maximum atomic E-state index is 12.9. The van der Waals surface area contributed by atoms with E-state index in [1.165, 1.54) is 18.2 Å². The molecule has 0 aliphatic carbocycles. The van der Waals surface area contributed by atoms with Gasteiger partial charge < -0.3 is 15.4 Å². The molecule has 2 aromatic carbocycles. The number of rotatable bonds is 6. The number of halogens is 3. The van der Waals surface area contributed by atoms with Gasteiger partial charge in [-0.05, 0) is 37.1 Å². The number of hydrogen-bond acceptors (Lipinski definition) is 2. The number of ether oxygens (including phenoxy) is 1. The number of nitrogens with one attached hydrogen (secondary N) is 2. The third-order valence-corrected chi connectivity index (χ3v) is 3.44. The Morgan fingerprint density at radius 1 is 1.08 bits per heavy atom. The van der Waals surface area contributed by atoms with E-state index >= 15 is 0 Å². The molecule has 0 atom stereocenters. The number of aryl methyl sites for hydroxylation is 1. The average Bonchev–Trinajstić information content (AvgIpc) is 2.55. The first-order valence-electron chi connectivity index (χ1n) is 7.77. The van der Waals surface area contributed by atoms with Gasteiger partial charge in [-0.3, -0.25) is 0 Å². The molecule has 0 fully saturated rings. The Balaban J connectivity index is 1.76. The average molecular weight is 352 g/mol. The van der Waals surface area contributed by atoms with Crippen molar-refractivity contribution in [1.82, 2.24) is 5.32 Å². The lowest BCUT2D eigenvalue weighted by Crippen LogP contribution is -2.31. The number of alkyl halides is 3. The number of hydrogen-bond donors (Lipinski definition) is 2. The van der Waals surface area contributed by atoms with E-state index in [0.29, 0.717) is 13.0 Å². The summed E-state index contributed by atoms with van der Waals surface area (Å²) < 4.78 is 44.2. The monoisotopic (exact) mass is 352 g/mol. The highest BCUT2D eigenvalue weighted by molar-refractivity contribution is 5.90. The number of carbonyl (C=O) groups is 1. The first-order valence-corrected chi connectivity index (χ1v) is 7.77. The Labute approximate surface area is 144 Å². The minimum absolute atomic E-state index is 0.274. The fourth-order valence-electron chi connectivity index (χ4n) is 2.18. The summed E-state index contributed by atoms with van der Waals surface area (Å²) in [5, 5.41) is 4.74. The molecule has 2 aromatic rings. The van der Waals surface area contributed by atoms with Crippen LogP contribution >= 0.6 is 0 Å². The molecule has 2 rings (SSSR count). The van der Waals surface area contributed by atoms with Gasteiger partial charge in [0.15, 0.2) is 0 Å². The topological polar surface area (TPSA) is 50.4 Å². The van der Waals surface area contributed by atoms with Gasteiger partial charge in [-0.15, -0.1) is 0 Å². The van der Waals surface area contributed by atoms with E-state index in [-0.39, 0.29) is 12.2 Å². The van der Waals surface area contributed by atoms with Gasteiger partial charge in [0.05, 0.1) is 17.9 Å². The van der Waals surface area contributed by atoms with Crippen molar-refractivity contribution in [3.63, 3.8) is 0 Å². The van der Waals surface area contributed by atoms with Crippen LogP contribution < -0.4 is 15.4 Å². The molecule has 0 bridgehead atoms. The molecule has 0 aromatic heterocycles. The highest BCUT2D eigenvalue weighted by atomic mass is 19.4. The molecule has 0 unspecified atom stereocenters. The van der Waals surface area contributed by atoms with Crippen LogP contribution in [0.1, 0.15) is 17.5 Å². The molecule has 0 aliphatic rings. The van der Waals surface area contributed by atoms with Crippen LogP contribution in [-0.2, 0) is 6.18 Å². The van der Waals surface area contributed by atoms with E-state index < -0.39 is 17.8 Å². The molecule has 25 heavy (non-hydrogen) atoms. The Morgan fingerprint density at radius 2 is 1.76 bits per heavy atom. The predicted molar refractivity (Wildman–Crippen MR) is 89.8 cm³/mol. The third kappa shape index (κ3) is 5.70. The molecule has 0 heterocycles. The molecule has 0 aliphatic heterocycles. The molecule has 0 spiro atoms. The summed E-state index contributed by atoms with van der Waals surface area (Å²) >= 11 is 0. The Hall–Kier alpha value is -2.70. The molecule has 2 amide bonds. The normalized spacial score (nSPS) is 11.0. The van der Waals surface area contributed by atoms with Gasteiger partial charge in [-0.2, -0.15) is 13.2 Å². The first kappa shape index (κ1) is 18.6. The lowest BCUT2D eigenvalue weighted by molar-refractivity contribution is -0.136. The maximum Gasteiger partial charge on any atom is 0.418 e. The second kappa shape index (κ2) is 8.41. The van der Waals surface area contributed by atoms with Gasteiger partial charge >= 0.3 is 12.2 Å². The van der Waals surface area contributed by atoms with Crippen LogP contribution in [0.15, 0.2) is 48.5 Å². The fraction of sp³-hybridized carbons (Fsp3) is 0.278. The van der Waals surface area contributed by atoms with Crippen LogP contribution in [-0.4, -0.2) is 19.2 Å². The van der Waals surface area contributed by atoms with E-state index in [0.717, 1.165) is 17.4 Å². The van der Waals surface area contributed by atoms with Crippen LogP contribution in [0, 0.1) is 6.92 Å². The summed E-state index contributed by atoms with van der Waals surface area (Å²) in [5.41, 5.74) is -0.145. The second-order valence-electron chi connectivity index (χ2n) is 5.39. The quantitative estimate of drug-likeness (QED) is 0.746. The predicted octanol–water partition coefficient (Wildman–Crippen LogP) is 4.60. The van der Waals surface area contributed by atoms with E-state index in [4.69, 9.17) is 4.74 Å². The van der Waals surface area contributed by atoms with Crippen LogP contribution in [0.2, 0.25) is 0 Å². The van der Waals surface area contributed by atoms with Crippen molar-refractivity contribution in [2.24, 2.45) is 0 Å². The summed E-state index contributed by atoms with van der Waals surface area (Å²) in [4.78, 5) is 11.7. The van der Waals surface area contributed by atoms with Crippen molar-refractivity contribution in [3.8, 4) is 5.75 Å². The number of anilines is 1. The summed E-state index contributed by atoms with van der Waals surface area (Å²) in [6, 6.07) is 11.7. The Morgan fingerprint density at radius 3 is 2.48 bits per heavy atom. The van der Waals surface area contributed by atoms with Crippen molar-refractivity contribution in [2.75, 3.05) is 18.5 Å². The van der Waals surface area contributed by atoms with Crippen molar-refractivity contribution < 1.29 is 22.7 Å². The zero-order chi connectivity index (χ0) is 18.3. The molecule has 4 nitrogen and oxygen atoms in total. The molecule has 0 radical (unpaired) electrons. The van der Waals surface area contributed by atoms with E-state index in [1.54, 1.807) is 0 Å². The highest BCUT2D eigenvalue weighted by Gasteiger charge is 2.33. The zero-order valence-corrected chi connectivity index (χ0v) is 13.7. The standard InChI is InChI=1S/C18H19F3N2O2/c1-13-7-2-5-10-16(13)25-12-6-11-22-17(24)23-15-9-4-3-8-14(15)18(19,20)21/h2-5,7-10H,6,11-12H2,1H3,(H2,22,23,24). The SMILES string of the molecule is Cc1ccccc1OCCCNC(=O)Nc1ccccc1C(F)(F)F. The van der Waals surface area contributed by atoms with Gasteiger partial charge in [0, 0.05) is 6.54 Å². The second-order valence-corrected chi connectivity index (χ2v) is 5.39. The van der Waals surface area contributed by atoms with Crippen LogP contribution in [0.25, 0.3) is 0 Å². The zero-order valence-electron chi connectivity index (χ0n) is 13.7. The van der Waals surface area contributed by atoms with Gasteiger partial charge in [-0.25, -0.2) is 4.79 Å². The largest absolute Gasteiger partial charge is 0.493 e. The van der Waals surface area contributed by atoms with Gasteiger partial charge in [0.25, 0.3) is 0 Å². The fourth-order valence-corrected chi connectivity index (χ4v) is 2.18. The van der Waals surface area contributed by atoms with E-state index in [2.05, 4.69) is 10.6 Å². The van der Waals surface area contributed by atoms with E-state index in [1.807, 2.05) is 31.2 Å². The number of para-hydroxylation sites is 2. The number of carbonyl (C=O) groups excluding carboxylic acids is 1. The molecule has 0 saturated carbocycles. The van der Waals surface area contributed by atoms with Gasteiger partial charge in [0.2, 0.25) is 0 Å². The Bertz CT molecular complexity index is 717. The molecular formula is C18H19F3N2O2. The lowest BCUT2D eigenvalue weighted by Gasteiger charge is -2.14. The van der Waals surface area contributed by atoms with Crippen molar-refractivity contribution in [2.45, 2.75) is 19.5 Å². The molecule has 134 valence electrons. The maximum absolute atomic E-state index is 12.9. The minimum atomic E-state index is -4.52. The Kier molecular flexibility index (Phi) is 6.27. The van der Waals surface area contributed by atoms with Gasteiger partial charge in [-0.1, -0.05) is 30.3 Å². The summed E-state index contributed by atoms with van der Waals surface area (Å²) in [6.45, 7) is 2.61. The molecular weight excluding hydrogens is 333 g/mol. The lowest BCUT2D eigenvalue weighted by atomic mass is 10.1. The van der Waals surface area contributed by atoms with Crippen LogP contribution in [0.3, 0.4) is 0 Å². The van der Waals surface area contributed by atoms with Crippen molar-refractivity contribution in [1.29, 1.82) is 0 Å².